The smallest absolute Gasteiger partial charge is 0.142 e. The zero-order valence-corrected chi connectivity index (χ0v) is 68.4. The molecule has 0 aliphatic carbocycles. The molecule has 0 radical (unpaired) electrons. The molecule has 0 saturated carbocycles. The Morgan fingerprint density at radius 3 is 1.31 bits per heavy atom. The number of benzene rings is 8. The third-order valence-electron chi connectivity index (χ3n) is 13.4. The van der Waals surface area contributed by atoms with E-state index in [9.17, 15) is 35.0 Å². The summed E-state index contributed by atoms with van der Waals surface area (Å²) >= 11 is 0. The van der Waals surface area contributed by atoms with E-state index in [0.29, 0.717) is 49.9 Å². The molecule has 428 valence electrons. The van der Waals surface area contributed by atoms with Crippen LogP contribution in [-0.4, -0.2) is 60.5 Å². The summed E-state index contributed by atoms with van der Waals surface area (Å²) in [5, 5.41) is 62.3. The number of nitrogens with zero attached hydrogens (tertiary/aromatic N) is 6. The van der Waals surface area contributed by atoms with Crippen molar-refractivity contribution in [3.8, 4) is 56.9 Å². The predicted molar refractivity (Wildman–Crippen MR) is 335 cm³/mol. The van der Waals surface area contributed by atoms with Gasteiger partial charge in [-0.05, 0) is 126 Å². The number of hydrogen-bond donors (Lipinski definition) is 6. The molecule has 6 N–H and O–H groups in total. The number of aromatic nitrogens is 6. The van der Waals surface area contributed by atoms with Crippen molar-refractivity contribution >= 4 is 65.4 Å². The minimum atomic E-state index is -0.365. The number of aryl methyl sites for hydroxylation is 1. The molecule has 14 rings (SSSR count). The molecule has 6 heterocycles. The van der Waals surface area contributed by atoms with Crippen LogP contribution in [0.3, 0.4) is 0 Å². The maximum absolute atomic E-state index is 13.0. The summed E-state index contributed by atoms with van der Waals surface area (Å²) in [6.45, 7) is 8.48. The average Bonchev–Trinajstić information content (AvgIpc) is 1.50. The molecule has 0 amide bonds. The van der Waals surface area contributed by atoms with Crippen LogP contribution in [0.5, 0.6) is 34.5 Å². The van der Waals surface area contributed by atoms with Crippen LogP contribution >= 0.6 is 0 Å². The Kier molecular flexibility index (Phi) is 30.5. The van der Waals surface area contributed by atoms with Gasteiger partial charge in [-0.25, -0.2) is 9.37 Å². The molecule has 0 unspecified atom stereocenters. The van der Waals surface area contributed by atoms with E-state index in [0.717, 1.165) is 49.5 Å². The Hall–Kier alpha value is -7.31. The molecular formula is C71H59FN6O6Zn6. The van der Waals surface area contributed by atoms with Gasteiger partial charge in [-0.15, -0.1) is 0 Å². The van der Waals surface area contributed by atoms with E-state index in [-0.39, 0.29) is 163 Å². The van der Waals surface area contributed by atoms with Crippen molar-refractivity contribution in [1.82, 2.24) is 29.9 Å². The first-order valence-corrected chi connectivity index (χ1v) is 26.7. The largest absolute Gasteiger partial charge is 0.506 e. The van der Waals surface area contributed by atoms with Crippen LogP contribution in [0.1, 0.15) is 33.3 Å². The number of phenolic OH excluding ortho intramolecular Hbond substituents is 6. The zero-order chi connectivity index (χ0) is 60.0. The van der Waals surface area contributed by atoms with Gasteiger partial charge >= 0.3 is 0 Å². The molecule has 90 heavy (non-hydrogen) atoms. The molecule has 12 nitrogen and oxygen atoms in total. The van der Waals surface area contributed by atoms with Gasteiger partial charge < -0.3 is 30.6 Å². The summed E-state index contributed by atoms with van der Waals surface area (Å²) in [6.07, 6.45) is 8.11. The van der Waals surface area contributed by atoms with Gasteiger partial charge in [0.05, 0.1) is 7.06 Å². The Bertz CT molecular complexity index is 4380. The molecule has 0 saturated heterocycles. The van der Waals surface area contributed by atoms with E-state index in [2.05, 4.69) is 62.8 Å². The number of halogens is 1. The standard InChI is InChI=1S/2C15H11NO.C13H15NO.C10H9NO.C9H6FNO.C9H7NO.6Zn/c17-14-9-8-12(11-5-2-1-3-6-11)13-7-4-10-16-15(13)14;17-14-8-4-7-12-9-10-13(16-15(12)14)11-5-2-1-3-6-11;1-13(2,3)10-6-7-11(15)12-9(10)5-4-8-14-12;1-7-4-5-9(12)10-8(7)3-2-6-11-10;10-7-3-4-8(12)9-6(7)2-1-5-11-9;11-8-5-1-3-7-4-2-6-10-9(7)8;;;;;;/h2*1-10,17H;4-8,15H,1-3H3;2-6,12H,1H3;1-5,12H;1-6,11H;;;;;;/i;;;;;4D;;;;;;. The van der Waals surface area contributed by atoms with Gasteiger partial charge in [0, 0.05) is 186 Å². The quantitative estimate of drug-likeness (QED) is 0.0897. The number of fused-ring (bicyclic) bond motifs is 6. The molecule has 0 aliphatic heterocycles. The average molecular weight is 1500 g/mol. The first kappa shape index (κ1) is 75.2. The second-order valence-corrected chi connectivity index (χ2v) is 20.1. The minimum Gasteiger partial charge on any atom is -0.506 e. The SMILES string of the molecule is CC(C)(C)c1ccc(O)c2ncccc12.Cc1ccc(O)c2ncccc12.Oc1ccc(-c2ccccc2)c2cccnc12.Oc1ccc(F)c2cccnc12.Oc1cccc2ccc(-c3ccccc3)nc12.[2H]c1ccnc2c(O)cccc12.[Zn].[Zn].[Zn].[Zn].[Zn].[Zn]. The second-order valence-electron chi connectivity index (χ2n) is 20.1. The van der Waals surface area contributed by atoms with Crippen molar-refractivity contribution in [3.05, 3.63) is 266 Å². The molecule has 8 aromatic carbocycles. The monoisotopic (exact) mass is 1500 g/mol. The molecule has 0 spiro atoms. The van der Waals surface area contributed by atoms with Crippen molar-refractivity contribution in [2.24, 2.45) is 0 Å². The van der Waals surface area contributed by atoms with Gasteiger partial charge in [-0.3, -0.25) is 24.9 Å². The fourth-order valence-electron chi connectivity index (χ4n) is 9.19. The summed E-state index contributed by atoms with van der Waals surface area (Å²) in [7, 11) is 0. The van der Waals surface area contributed by atoms with Crippen molar-refractivity contribution in [2.45, 2.75) is 33.1 Å². The zero-order valence-electron chi connectivity index (χ0n) is 51.6. The Labute approximate surface area is 599 Å². The predicted octanol–water partition coefficient (Wildman–Crippen LogP) is 16.7. The molecule has 14 aromatic rings. The summed E-state index contributed by atoms with van der Waals surface area (Å²) in [5.74, 6) is 0.708. The third-order valence-corrected chi connectivity index (χ3v) is 13.4. The van der Waals surface area contributed by atoms with E-state index >= 15 is 0 Å². The van der Waals surface area contributed by atoms with E-state index in [1.165, 1.54) is 30.1 Å². The van der Waals surface area contributed by atoms with Crippen LogP contribution in [0.2, 0.25) is 0 Å². The minimum absolute atomic E-state index is 0. The molecule has 0 bridgehead atoms. The van der Waals surface area contributed by atoms with Gasteiger partial charge in [0.1, 0.15) is 73.4 Å². The first-order chi connectivity index (χ1) is 41.1. The fourth-order valence-corrected chi connectivity index (χ4v) is 9.19. The summed E-state index contributed by atoms with van der Waals surface area (Å²) in [5.41, 5.74) is 10.0. The molecule has 0 fully saturated rings. The van der Waals surface area contributed by atoms with Gasteiger partial charge in [0.25, 0.3) is 0 Å². The number of hydrogen-bond acceptors (Lipinski definition) is 12. The molecule has 6 aromatic heterocycles. The molecule has 0 aliphatic rings. The van der Waals surface area contributed by atoms with Crippen LogP contribution in [-0.2, 0) is 122 Å². The van der Waals surface area contributed by atoms with E-state index in [4.69, 9.17) is 1.37 Å². The van der Waals surface area contributed by atoms with E-state index < -0.39 is 0 Å². The van der Waals surface area contributed by atoms with Crippen LogP contribution < -0.4 is 0 Å². The topological polar surface area (TPSA) is 199 Å². The summed E-state index contributed by atoms with van der Waals surface area (Å²) < 4.78 is 20.5. The normalized spacial score (nSPS) is 10.2. The van der Waals surface area contributed by atoms with Gasteiger partial charge in [0.15, 0.2) is 0 Å². The van der Waals surface area contributed by atoms with Crippen molar-refractivity contribution in [1.29, 1.82) is 0 Å². The van der Waals surface area contributed by atoms with E-state index in [1.807, 2.05) is 134 Å². The first-order valence-electron chi connectivity index (χ1n) is 27.2. The van der Waals surface area contributed by atoms with Gasteiger partial charge in [-0.2, -0.15) is 0 Å². The molecule has 0 atom stereocenters. The van der Waals surface area contributed by atoms with Crippen LogP contribution in [0.25, 0.3) is 87.8 Å². The van der Waals surface area contributed by atoms with E-state index in [1.54, 1.807) is 79.3 Å². The Balaban J connectivity index is 0.000000283. The van der Waals surface area contributed by atoms with Gasteiger partial charge in [-0.1, -0.05) is 148 Å². The maximum atomic E-state index is 13.0. The number of rotatable bonds is 2. The van der Waals surface area contributed by atoms with Crippen molar-refractivity contribution in [3.63, 3.8) is 0 Å². The van der Waals surface area contributed by atoms with Gasteiger partial charge in [0.2, 0.25) is 0 Å². The number of aromatic hydroxyl groups is 6. The molecular weight excluding hydrogens is 1440 g/mol. The van der Waals surface area contributed by atoms with Crippen molar-refractivity contribution in [2.75, 3.05) is 0 Å². The Morgan fingerprint density at radius 2 is 0.767 bits per heavy atom. The third kappa shape index (κ3) is 19.4. The van der Waals surface area contributed by atoms with Crippen LogP contribution in [0, 0.1) is 12.7 Å². The number of phenols is 6. The fraction of sp³-hybridized carbons (Fsp3) is 0.0704. The number of para-hydroxylation sites is 2. The Morgan fingerprint density at radius 1 is 0.344 bits per heavy atom. The van der Waals surface area contributed by atoms with Crippen molar-refractivity contribution < 1.29 is 153 Å². The second kappa shape index (κ2) is 36.5. The maximum Gasteiger partial charge on any atom is 0.142 e. The summed E-state index contributed by atoms with van der Waals surface area (Å²) in [6, 6.07) is 64.6. The molecule has 19 heteroatoms. The van der Waals surface area contributed by atoms with Crippen LogP contribution in [0.4, 0.5) is 4.39 Å². The summed E-state index contributed by atoms with van der Waals surface area (Å²) in [4.78, 5) is 24.8. The number of pyridine rings is 6. The van der Waals surface area contributed by atoms with Crippen LogP contribution in [0.15, 0.2) is 249 Å².